The predicted molar refractivity (Wildman–Crippen MR) is 107 cm³/mol. The van der Waals surface area contributed by atoms with E-state index in [1.807, 2.05) is 16.4 Å². The second kappa shape index (κ2) is 7.05. The Bertz CT molecular complexity index is 1050. The SMILES string of the molecule is C/C(CN)=C1/CCCN(c2cc3c(cc2F)c(=O)c(C(=O)O)cn3C2CC2)C1. The van der Waals surface area contributed by atoms with Crippen LogP contribution in [0.3, 0.4) is 0 Å². The van der Waals surface area contributed by atoms with E-state index in [9.17, 15) is 19.1 Å². The number of aromatic carboxylic acids is 1. The number of hydrogen-bond donors (Lipinski definition) is 2. The van der Waals surface area contributed by atoms with Crippen molar-refractivity contribution < 1.29 is 14.3 Å². The molecule has 1 saturated carbocycles. The summed E-state index contributed by atoms with van der Waals surface area (Å²) < 4.78 is 16.8. The van der Waals surface area contributed by atoms with E-state index >= 15 is 0 Å². The average molecular weight is 385 g/mol. The van der Waals surface area contributed by atoms with Gasteiger partial charge >= 0.3 is 5.97 Å². The van der Waals surface area contributed by atoms with Crippen LogP contribution in [0, 0.1) is 5.82 Å². The Kier molecular flexibility index (Phi) is 4.71. The van der Waals surface area contributed by atoms with Crippen molar-refractivity contribution in [2.75, 3.05) is 24.5 Å². The van der Waals surface area contributed by atoms with Crippen molar-refractivity contribution in [3.63, 3.8) is 0 Å². The summed E-state index contributed by atoms with van der Waals surface area (Å²) in [4.78, 5) is 26.0. The lowest BCUT2D eigenvalue weighted by Gasteiger charge is -2.32. The highest BCUT2D eigenvalue weighted by atomic mass is 19.1. The summed E-state index contributed by atoms with van der Waals surface area (Å²) in [5, 5.41) is 9.48. The van der Waals surface area contributed by atoms with Gasteiger partial charge in [-0.1, -0.05) is 11.1 Å². The summed E-state index contributed by atoms with van der Waals surface area (Å²) in [6.45, 7) is 3.84. The van der Waals surface area contributed by atoms with Crippen LogP contribution < -0.4 is 16.1 Å². The monoisotopic (exact) mass is 385 g/mol. The number of benzene rings is 1. The number of rotatable bonds is 4. The van der Waals surface area contributed by atoms with Crippen molar-refractivity contribution in [2.24, 2.45) is 5.73 Å². The highest BCUT2D eigenvalue weighted by Gasteiger charge is 2.28. The number of halogens is 1. The minimum Gasteiger partial charge on any atom is -0.477 e. The van der Waals surface area contributed by atoms with Gasteiger partial charge in [0.25, 0.3) is 0 Å². The van der Waals surface area contributed by atoms with E-state index in [1.165, 1.54) is 17.8 Å². The zero-order valence-corrected chi connectivity index (χ0v) is 15.9. The molecule has 7 heteroatoms. The van der Waals surface area contributed by atoms with Gasteiger partial charge in [0.2, 0.25) is 5.43 Å². The molecular weight excluding hydrogens is 361 g/mol. The molecule has 1 aromatic carbocycles. The van der Waals surface area contributed by atoms with E-state index in [-0.39, 0.29) is 17.0 Å². The third kappa shape index (κ3) is 3.20. The van der Waals surface area contributed by atoms with E-state index in [1.54, 1.807) is 6.07 Å². The van der Waals surface area contributed by atoms with Crippen LogP contribution >= 0.6 is 0 Å². The quantitative estimate of drug-likeness (QED) is 0.790. The first-order valence-corrected chi connectivity index (χ1v) is 9.65. The number of nitrogens with two attached hydrogens (primary N) is 1. The zero-order chi connectivity index (χ0) is 20.0. The van der Waals surface area contributed by atoms with Crippen LogP contribution in [-0.2, 0) is 0 Å². The molecule has 28 heavy (non-hydrogen) atoms. The number of carbonyl (C=O) groups is 1. The number of nitrogens with zero attached hydrogens (tertiary/aromatic N) is 2. The number of anilines is 1. The number of aromatic nitrogens is 1. The topological polar surface area (TPSA) is 88.6 Å². The molecule has 148 valence electrons. The molecule has 1 saturated heterocycles. The number of carboxylic acid groups (broad SMARTS) is 1. The lowest BCUT2D eigenvalue weighted by atomic mass is 9.98. The number of fused-ring (bicyclic) bond motifs is 1. The van der Waals surface area contributed by atoms with E-state index in [0.29, 0.717) is 24.3 Å². The van der Waals surface area contributed by atoms with Crippen LogP contribution in [0.1, 0.15) is 49.0 Å². The fourth-order valence-electron chi connectivity index (χ4n) is 3.98. The van der Waals surface area contributed by atoms with Gasteiger partial charge in [-0.2, -0.15) is 0 Å². The van der Waals surface area contributed by atoms with Crippen LogP contribution in [-0.4, -0.2) is 35.3 Å². The fourth-order valence-corrected chi connectivity index (χ4v) is 3.98. The Morgan fingerprint density at radius 2 is 2.11 bits per heavy atom. The summed E-state index contributed by atoms with van der Waals surface area (Å²) in [5.41, 5.74) is 8.23. The molecule has 1 aliphatic heterocycles. The standard InChI is InChI=1S/C21H24FN3O3/c1-12(9-23)13-3-2-6-24(10-13)19-8-18-15(7-17(19)22)20(26)16(21(27)28)11-25(18)14-4-5-14/h7-8,11,14H,2-6,9-10,23H2,1H3,(H,27,28)/b13-12+. The van der Waals surface area contributed by atoms with E-state index < -0.39 is 17.2 Å². The molecule has 2 aliphatic rings. The molecule has 1 aromatic heterocycles. The summed E-state index contributed by atoms with van der Waals surface area (Å²) in [6.07, 6.45) is 5.14. The molecule has 0 bridgehead atoms. The molecule has 6 nitrogen and oxygen atoms in total. The first-order valence-electron chi connectivity index (χ1n) is 9.65. The summed E-state index contributed by atoms with van der Waals surface area (Å²) in [6, 6.07) is 3.07. The maximum absolute atomic E-state index is 15.0. The van der Waals surface area contributed by atoms with Crippen molar-refractivity contribution in [3.05, 3.63) is 51.1 Å². The van der Waals surface area contributed by atoms with Gasteiger partial charge in [0.15, 0.2) is 0 Å². The van der Waals surface area contributed by atoms with Crippen LogP contribution in [0.25, 0.3) is 10.9 Å². The zero-order valence-electron chi connectivity index (χ0n) is 15.9. The van der Waals surface area contributed by atoms with Crippen molar-refractivity contribution in [3.8, 4) is 0 Å². The number of carboxylic acids is 1. The molecule has 3 N–H and O–H groups in total. The van der Waals surface area contributed by atoms with Crippen molar-refractivity contribution >= 4 is 22.6 Å². The van der Waals surface area contributed by atoms with Crippen molar-refractivity contribution in [1.82, 2.24) is 4.57 Å². The van der Waals surface area contributed by atoms with Gasteiger partial charge < -0.3 is 20.3 Å². The Labute approximate surface area is 162 Å². The summed E-state index contributed by atoms with van der Waals surface area (Å²) in [7, 11) is 0. The highest BCUT2D eigenvalue weighted by molar-refractivity contribution is 5.93. The summed E-state index contributed by atoms with van der Waals surface area (Å²) in [5.74, 6) is -1.78. The van der Waals surface area contributed by atoms with Gasteiger partial charge in [-0.3, -0.25) is 4.79 Å². The minimum atomic E-state index is -1.28. The molecule has 0 atom stereocenters. The molecule has 4 rings (SSSR count). The number of pyridine rings is 1. The molecule has 2 heterocycles. The normalized spacial score (nSPS) is 19.2. The molecule has 0 radical (unpaired) electrons. The van der Waals surface area contributed by atoms with Gasteiger partial charge in [-0.05, 0) is 44.7 Å². The average Bonchev–Trinajstić information content (AvgIpc) is 3.52. The van der Waals surface area contributed by atoms with Gasteiger partial charge in [-0.25, -0.2) is 9.18 Å². The van der Waals surface area contributed by atoms with Gasteiger partial charge in [0.05, 0.1) is 11.2 Å². The van der Waals surface area contributed by atoms with Crippen molar-refractivity contribution in [2.45, 2.75) is 38.6 Å². The third-order valence-electron chi connectivity index (χ3n) is 5.81. The van der Waals surface area contributed by atoms with E-state index in [2.05, 4.69) is 0 Å². The summed E-state index contributed by atoms with van der Waals surface area (Å²) >= 11 is 0. The molecular formula is C21H24FN3O3. The molecule has 0 spiro atoms. The Morgan fingerprint density at radius 3 is 2.75 bits per heavy atom. The lowest BCUT2D eigenvalue weighted by molar-refractivity contribution is 0.0695. The fraction of sp³-hybridized carbons (Fsp3) is 0.429. The second-order valence-corrected chi connectivity index (χ2v) is 7.75. The van der Waals surface area contributed by atoms with Crippen LogP contribution in [0.5, 0.6) is 0 Å². The lowest BCUT2D eigenvalue weighted by Crippen LogP contribution is -2.33. The highest BCUT2D eigenvalue weighted by Crippen LogP contribution is 2.38. The number of hydrogen-bond acceptors (Lipinski definition) is 4. The largest absolute Gasteiger partial charge is 0.477 e. The Balaban J connectivity index is 1.86. The Hall–Kier alpha value is -2.67. The van der Waals surface area contributed by atoms with Crippen molar-refractivity contribution in [1.29, 1.82) is 0 Å². The maximum atomic E-state index is 15.0. The molecule has 2 aromatic rings. The first-order chi connectivity index (χ1) is 13.4. The molecule has 0 amide bonds. The van der Waals surface area contributed by atoms with Gasteiger partial charge in [0, 0.05) is 37.3 Å². The van der Waals surface area contributed by atoms with Crippen LogP contribution in [0.4, 0.5) is 10.1 Å². The number of piperidine rings is 1. The molecule has 0 unspecified atom stereocenters. The smallest absolute Gasteiger partial charge is 0.341 e. The minimum absolute atomic E-state index is 0.124. The third-order valence-corrected chi connectivity index (χ3v) is 5.81. The van der Waals surface area contributed by atoms with Crippen LogP contribution in [0.2, 0.25) is 0 Å². The van der Waals surface area contributed by atoms with Gasteiger partial charge in [-0.15, -0.1) is 0 Å². The van der Waals surface area contributed by atoms with E-state index in [0.717, 1.165) is 37.8 Å². The molecule has 2 fully saturated rings. The molecule has 1 aliphatic carbocycles. The maximum Gasteiger partial charge on any atom is 0.341 e. The van der Waals surface area contributed by atoms with Crippen LogP contribution in [0.15, 0.2) is 34.3 Å². The second-order valence-electron chi connectivity index (χ2n) is 7.75. The predicted octanol–water partition coefficient (Wildman–Crippen LogP) is 3.05. The Morgan fingerprint density at radius 1 is 1.36 bits per heavy atom. The first kappa shape index (κ1) is 18.7. The van der Waals surface area contributed by atoms with E-state index in [4.69, 9.17) is 5.73 Å². The van der Waals surface area contributed by atoms with Gasteiger partial charge in [0.1, 0.15) is 11.4 Å².